The molecule has 1 aromatic heterocycles. The maximum Gasteiger partial charge on any atom is 0.263 e. The lowest BCUT2D eigenvalue weighted by Crippen LogP contribution is -2.27. The van der Waals surface area contributed by atoms with Crippen LogP contribution in [-0.2, 0) is 10.0 Å². The molecule has 0 spiro atoms. The number of allylic oxidation sites excluding steroid dienone is 1. The lowest BCUT2D eigenvalue weighted by molar-refractivity contribution is 0.102. The van der Waals surface area contributed by atoms with Gasteiger partial charge >= 0.3 is 0 Å². The van der Waals surface area contributed by atoms with Gasteiger partial charge in [0.25, 0.3) is 10.0 Å². The summed E-state index contributed by atoms with van der Waals surface area (Å²) in [5.41, 5.74) is 0.984. The second kappa shape index (κ2) is 7.97. The van der Waals surface area contributed by atoms with Crippen LogP contribution in [0, 0.1) is 6.92 Å². The van der Waals surface area contributed by atoms with Crippen molar-refractivity contribution in [3.8, 4) is 0 Å². The summed E-state index contributed by atoms with van der Waals surface area (Å²) in [5.74, 6) is -0.199. The van der Waals surface area contributed by atoms with Crippen molar-refractivity contribution in [2.45, 2.75) is 31.6 Å². The molecule has 2 rings (SSSR count). The number of furan rings is 1. The molecule has 0 radical (unpaired) electrons. The van der Waals surface area contributed by atoms with E-state index in [9.17, 15) is 13.2 Å². The van der Waals surface area contributed by atoms with Gasteiger partial charge in [-0.3, -0.25) is 9.10 Å². The molecule has 0 saturated heterocycles. The quantitative estimate of drug-likeness (QED) is 0.538. The number of aryl methyl sites for hydroxylation is 1. The Bertz CT molecular complexity index is 790. The molecule has 0 N–H and O–H groups in total. The summed E-state index contributed by atoms with van der Waals surface area (Å²) in [6.07, 6.45) is 5.49. The monoisotopic (exact) mass is 347 g/mol. The first kappa shape index (κ1) is 18.0. The SMILES string of the molecule is CCCCN(/C=C/C(=O)c1ccco1)S(=O)(=O)c1ccc(C)cc1. The van der Waals surface area contributed by atoms with E-state index in [0.29, 0.717) is 13.0 Å². The molecule has 1 heterocycles. The maximum absolute atomic E-state index is 12.8. The summed E-state index contributed by atoms with van der Waals surface area (Å²) in [7, 11) is -3.69. The molecule has 0 amide bonds. The molecule has 24 heavy (non-hydrogen) atoms. The predicted octanol–water partition coefficient (Wildman–Crippen LogP) is 3.78. The van der Waals surface area contributed by atoms with Crippen molar-refractivity contribution in [1.29, 1.82) is 0 Å². The Balaban J connectivity index is 2.26. The first-order valence-electron chi connectivity index (χ1n) is 7.79. The molecule has 0 saturated carbocycles. The minimum atomic E-state index is -3.69. The van der Waals surface area contributed by atoms with Gasteiger partial charge in [0.2, 0.25) is 5.78 Å². The van der Waals surface area contributed by atoms with Crippen LogP contribution in [0.4, 0.5) is 0 Å². The molecule has 0 fully saturated rings. The van der Waals surface area contributed by atoms with Gasteiger partial charge in [-0.2, -0.15) is 0 Å². The fourth-order valence-corrected chi connectivity index (χ4v) is 3.43. The summed E-state index contributed by atoms with van der Waals surface area (Å²) >= 11 is 0. The first-order chi connectivity index (χ1) is 11.4. The summed E-state index contributed by atoms with van der Waals surface area (Å²) in [4.78, 5) is 12.2. The van der Waals surface area contributed by atoms with Crippen LogP contribution in [0.3, 0.4) is 0 Å². The van der Waals surface area contributed by atoms with E-state index in [0.717, 1.165) is 12.0 Å². The molecule has 0 aliphatic heterocycles. The molecule has 0 bridgehead atoms. The van der Waals surface area contributed by atoms with E-state index in [-0.39, 0.29) is 16.4 Å². The second-order valence-corrected chi connectivity index (χ2v) is 7.33. The Hall–Kier alpha value is -2.34. The minimum Gasteiger partial charge on any atom is -0.461 e. The highest BCUT2D eigenvalue weighted by Gasteiger charge is 2.21. The van der Waals surface area contributed by atoms with Crippen molar-refractivity contribution in [3.05, 3.63) is 66.3 Å². The summed E-state index contributed by atoms with van der Waals surface area (Å²) in [6.45, 7) is 4.19. The number of carbonyl (C=O) groups is 1. The van der Waals surface area contributed by atoms with Crippen molar-refractivity contribution in [2.24, 2.45) is 0 Å². The molecule has 0 atom stereocenters. The Labute approximate surface area is 142 Å². The average Bonchev–Trinajstić information content (AvgIpc) is 3.09. The molecule has 1 aromatic carbocycles. The van der Waals surface area contributed by atoms with Gasteiger partial charge in [-0.05, 0) is 37.6 Å². The van der Waals surface area contributed by atoms with E-state index in [1.54, 1.807) is 30.3 Å². The van der Waals surface area contributed by atoms with Gasteiger partial charge in [-0.15, -0.1) is 0 Å². The number of hydrogen-bond acceptors (Lipinski definition) is 4. The lowest BCUT2D eigenvalue weighted by atomic mass is 10.2. The average molecular weight is 347 g/mol. The number of hydrogen-bond donors (Lipinski definition) is 0. The zero-order valence-electron chi connectivity index (χ0n) is 13.8. The lowest BCUT2D eigenvalue weighted by Gasteiger charge is -2.20. The van der Waals surface area contributed by atoms with Crippen molar-refractivity contribution in [2.75, 3.05) is 6.54 Å². The third-order valence-corrected chi connectivity index (χ3v) is 5.31. The third-order valence-electron chi connectivity index (χ3n) is 3.52. The predicted molar refractivity (Wildman–Crippen MR) is 92.2 cm³/mol. The summed E-state index contributed by atoms with van der Waals surface area (Å²) in [5, 5.41) is 0. The van der Waals surface area contributed by atoms with Gasteiger partial charge in [-0.25, -0.2) is 8.42 Å². The molecule has 6 heteroatoms. The number of benzene rings is 1. The highest BCUT2D eigenvalue weighted by molar-refractivity contribution is 7.89. The normalized spacial score (nSPS) is 11.8. The standard InChI is InChI=1S/C18H21NO4S/c1-3-4-12-19(13-11-17(20)18-6-5-14-23-18)24(21,22)16-9-7-15(2)8-10-16/h5-11,13-14H,3-4,12H2,1-2H3/b13-11+. The number of unbranched alkanes of at least 4 members (excludes halogenated alkanes) is 1. The first-order valence-corrected chi connectivity index (χ1v) is 9.23. The van der Waals surface area contributed by atoms with E-state index < -0.39 is 10.0 Å². The van der Waals surface area contributed by atoms with Crippen molar-refractivity contribution >= 4 is 15.8 Å². The van der Waals surface area contributed by atoms with E-state index in [1.165, 1.54) is 28.9 Å². The third kappa shape index (κ3) is 4.35. The van der Waals surface area contributed by atoms with Gasteiger partial charge in [-0.1, -0.05) is 31.0 Å². The van der Waals surface area contributed by atoms with Gasteiger partial charge in [0.05, 0.1) is 11.2 Å². The Kier molecular flexibility index (Phi) is 5.98. The van der Waals surface area contributed by atoms with Crippen LogP contribution in [-0.4, -0.2) is 25.1 Å². The molecule has 0 aliphatic carbocycles. The van der Waals surface area contributed by atoms with Gasteiger partial charge in [0.15, 0.2) is 5.76 Å². The second-order valence-electron chi connectivity index (χ2n) is 5.44. The zero-order chi connectivity index (χ0) is 17.6. The zero-order valence-corrected chi connectivity index (χ0v) is 14.6. The largest absolute Gasteiger partial charge is 0.461 e. The fourth-order valence-electron chi connectivity index (χ4n) is 2.09. The van der Waals surface area contributed by atoms with Crippen LogP contribution >= 0.6 is 0 Å². The summed E-state index contributed by atoms with van der Waals surface area (Å²) < 4.78 is 31.8. The molecule has 0 unspecified atom stereocenters. The Morgan fingerprint density at radius 1 is 1.21 bits per heavy atom. The Morgan fingerprint density at radius 3 is 2.50 bits per heavy atom. The number of carbonyl (C=O) groups excluding carboxylic acids is 1. The van der Waals surface area contributed by atoms with E-state index in [2.05, 4.69) is 0 Å². The smallest absolute Gasteiger partial charge is 0.263 e. The molecule has 5 nitrogen and oxygen atoms in total. The number of rotatable bonds is 8. The number of sulfonamides is 1. The van der Waals surface area contributed by atoms with Gasteiger partial charge < -0.3 is 4.42 Å². The summed E-state index contributed by atoms with van der Waals surface area (Å²) in [6, 6.07) is 9.80. The molecular formula is C18H21NO4S. The number of ketones is 1. The minimum absolute atomic E-state index is 0.175. The van der Waals surface area contributed by atoms with Crippen molar-refractivity contribution < 1.29 is 17.6 Å². The van der Waals surface area contributed by atoms with E-state index >= 15 is 0 Å². The topological polar surface area (TPSA) is 67.6 Å². The van der Waals surface area contributed by atoms with E-state index in [1.807, 2.05) is 13.8 Å². The van der Waals surface area contributed by atoms with E-state index in [4.69, 9.17) is 4.42 Å². The highest BCUT2D eigenvalue weighted by Crippen LogP contribution is 2.18. The van der Waals surface area contributed by atoms with Crippen LogP contribution in [0.5, 0.6) is 0 Å². The van der Waals surface area contributed by atoms with Crippen molar-refractivity contribution in [3.63, 3.8) is 0 Å². The van der Waals surface area contributed by atoms with Crippen LogP contribution in [0.25, 0.3) is 0 Å². The maximum atomic E-state index is 12.8. The molecule has 128 valence electrons. The van der Waals surface area contributed by atoms with Crippen LogP contribution < -0.4 is 0 Å². The van der Waals surface area contributed by atoms with Crippen molar-refractivity contribution in [1.82, 2.24) is 4.31 Å². The van der Waals surface area contributed by atoms with Gasteiger partial charge in [0, 0.05) is 18.8 Å². The van der Waals surface area contributed by atoms with Crippen LogP contribution in [0.15, 0.2) is 64.2 Å². The Morgan fingerprint density at radius 2 is 1.92 bits per heavy atom. The molecular weight excluding hydrogens is 326 g/mol. The van der Waals surface area contributed by atoms with Crippen LogP contribution in [0.2, 0.25) is 0 Å². The molecule has 0 aliphatic rings. The number of nitrogens with zero attached hydrogens (tertiary/aromatic N) is 1. The van der Waals surface area contributed by atoms with Gasteiger partial charge in [0.1, 0.15) is 0 Å². The highest BCUT2D eigenvalue weighted by atomic mass is 32.2. The molecule has 2 aromatic rings. The fraction of sp³-hybridized carbons (Fsp3) is 0.278. The van der Waals surface area contributed by atoms with Crippen LogP contribution in [0.1, 0.15) is 35.9 Å².